The van der Waals surface area contributed by atoms with Gasteiger partial charge in [-0.15, -0.1) is 0 Å². The second-order valence-corrected chi connectivity index (χ2v) is 6.99. The van der Waals surface area contributed by atoms with Crippen LogP contribution in [0.15, 0.2) is 36.8 Å². The Balaban J connectivity index is 1.50. The van der Waals surface area contributed by atoms with Crippen molar-refractivity contribution in [2.24, 2.45) is 5.92 Å². The van der Waals surface area contributed by atoms with Crippen molar-refractivity contribution in [1.82, 2.24) is 15.3 Å². The van der Waals surface area contributed by atoms with Gasteiger partial charge in [-0.25, -0.2) is 0 Å². The second-order valence-electron chi connectivity index (χ2n) is 6.59. The van der Waals surface area contributed by atoms with Crippen LogP contribution in [0.25, 0.3) is 0 Å². The highest BCUT2D eigenvalue weighted by Crippen LogP contribution is 2.27. The van der Waals surface area contributed by atoms with Crippen molar-refractivity contribution in [2.45, 2.75) is 38.6 Å². The number of halogens is 1. The van der Waals surface area contributed by atoms with Crippen molar-refractivity contribution in [3.05, 3.63) is 53.1 Å². The van der Waals surface area contributed by atoms with Gasteiger partial charge in [-0.05, 0) is 56.4 Å². The van der Waals surface area contributed by atoms with Crippen molar-refractivity contribution < 1.29 is 9.59 Å². The van der Waals surface area contributed by atoms with E-state index < -0.39 is 0 Å². The fourth-order valence-corrected chi connectivity index (χ4v) is 3.28. The third-order valence-electron chi connectivity index (χ3n) is 4.61. The summed E-state index contributed by atoms with van der Waals surface area (Å²) in [7, 11) is 0. The molecule has 1 aliphatic rings. The lowest BCUT2D eigenvalue weighted by molar-refractivity contribution is -0.120. The van der Waals surface area contributed by atoms with Crippen LogP contribution in [0.1, 0.15) is 41.7 Å². The molecule has 1 saturated carbocycles. The molecule has 0 spiro atoms. The Kier molecular flexibility index (Phi) is 5.83. The van der Waals surface area contributed by atoms with Crippen molar-refractivity contribution in [1.29, 1.82) is 0 Å². The average Bonchev–Trinajstić information content (AvgIpc) is 2.64. The minimum Gasteiger partial charge on any atom is -0.348 e. The fourth-order valence-electron chi connectivity index (χ4n) is 3.12. The second kappa shape index (κ2) is 8.27. The Hall–Kier alpha value is -2.47. The molecule has 0 aliphatic heterocycles. The van der Waals surface area contributed by atoms with Crippen molar-refractivity contribution in [2.75, 3.05) is 5.32 Å². The summed E-state index contributed by atoms with van der Waals surface area (Å²) < 4.78 is 0. The zero-order chi connectivity index (χ0) is 18.5. The summed E-state index contributed by atoms with van der Waals surface area (Å²) in [6, 6.07) is 5.33. The van der Waals surface area contributed by atoms with Crippen LogP contribution < -0.4 is 10.6 Å². The molecule has 0 bridgehead atoms. The Morgan fingerprint density at radius 1 is 1.15 bits per heavy atom. The molecule has 1 fully saturated rings. The SMILES string of the molecule is Cc1ccnc(C(=O)N[C@H]2CC[C@H](C(=O)Nc3cnccc3Cl)CC2)c1. The molecule has 2 amide bonds. The van der Waals surface area contributed by atoms with Crippen LogP contribution in [0.2, 0.25) is 5.02 Å². The van der Waals surface area contributed by atoms with Crippen LogP contribution in [-0.2, 0) is 4.79 Å². The number of anilines is 1. The van der Waals surface area contributed by atoms with Gasteiger partial charge >= 0.3 is 0 Å². The van der Waals surface area contributed by atoms with Gasteiger partial charge in [0.05, 0.1) is 16.9 Å². The van der Waals surface area contributed by atoms with Gasteiger partial charge in [0.15, 0.2) is 0 Å². The van der Waals surface area contributed by atoms with Gasteiger partial charge < -0.3 is 10.6 Å². The summed E-state index contributed by atoms with van der Waals surface area (Å²) in [5, 5.41) is 6.33. The van der Waals surface area contributed by atoms with E-state index in [4.69, 9.17) is 11.6 Å². The molecule has 26 heavy (non-hydrogen) atoms. The van der Waals surface area contributed by atoms with Crippen molar-refractivity contribution in [3.63, 3.8) is 0 Å². The van der Waals surface area contributed by atoms with Gasteiger partial charge in [-0.1, -0.05) is 11.6 Å². The van der Waals surface area contributed by atoms with Gasteiger partial charge in [0.25, 0.3) is 5.91 Å². The van der Waals surface area contributed by atoms with E-state index in [0.717, 1.165) is 31.2 Å². The molecule has 0 aromatic carbocycles. The number of pyridine rings is 2. The number of nitrogens with zero attached hydrogens (tertiary/aromatic N) is 2. The zero-order valence-corrected chi connectivity index (χ0v) is 15.3. The molecule has 0 saturated heterocycles. The zero-order valence-electron chi connectivity index (χ0n) is 14.5. The first-order valence-electron chi connectivity index (χ1n) is 8.67. The van der Waals surface area contributed by atoms with Crippen molar-refractivity contribution in [3.8, 4) is 0 Å². The predicted octanol–water partition coefficient (Wildman–Crippen LogP) is 3.37. The molecule has 2 aromatic rings. The maximum atomic E-state index is 12.4. The molecule has 2 aromatic heterocycles. The van der Waals surface area contributed by atoms with E-state index in [1.807, 2.05) is 13.0 Å². The molecule has 1 aliphatic carbocycles. The van der Waals surface area contributed by atoms with Gasteiger partial charge in [0.2, 0.25) is 5.91 Å². The van der Waals surface area contributed by atoms with Gasteiger partial charge in [0, 0.05) is 24.4 Å². The summed E-state index contributed by atoms with van der Waals surface area (Å²) in [5.74, 6) is -0.301. The number of nitrogens with one attached hydrogen (secondary N) is 2. The third-order valence-corrected chi connectivity index (χ3v) is 4.94. The van der Waals surface area contributed by atoms with Gasteiger partial charge in [-0.2, -0.15) is 0 Å². The first kappa shape index (κ1) is 18.3. The van der Waals surface area contributed by atoms with E-state index in [2.05, 4.69) is 20.6 Å². The van der Waals surface area contributed by atoms with Crippen LogP contribution >= 0.6 is 11.6 Å². The van der Waals surface area contributed by atoms with E-state index in [0.29, 0.717) is 16.4 Å². The minimum atomic E-state index is -0.163. The molecule has 0 atom stereocenters. The Morgan fingerprint density at radius 3 is 2.62 bits per heavy atom. The monoisotopic (exact) mass is 372 g/mol. The molecule has 0 radical (unpaired) electrons. The number of hydrogen-bond acceptors (Lipinski definition) is 4. The number of aromatic nitrogens is 2. The minimum absolute atomic E-state index is 0.0509. The maximum Gasteiger partial charge on any atom is 0.270 e. The highest BCUT2D eigenvalue weighted by molar-refractivity contribution is 6.33. The number of rotatable bonds is 4. The molecule has 2 N–H and O–H groups in total. The molecule has 3 rings (SSSR count). The van der Waals surface area contributed by atoms with Crippen LogP contribution in [0.3, 0.4) is 0 Å². The molecule has 7 heteroatoms. The summed E-state index contributed by atoms with van der Waals surface area (Å²) in [6.07, 6.45) is 7.71. The fraction of sp³-hybridized carbons (Fsp3) is 0.368. The number of aryl methyl sites for hydroxylation is 1. The Bertz CT molecular complexity index is 804. The highest BCUT2D eigenvalue weighted by Gasteiger charge is 2.27. The molecule has 0 unspecified atom stereocenters. The topological polar surface area (TPSA) is 84.0 Å². The lowest BCUT2D eigenvalue weighted by atomic mass is 9.85. The van der Waals surface area contributed by atoms with Gasteiger partial charge in [0.1, 0.15) is 5.69 Å². The quantitative estimate of drug-likeness (QED) is 0.861. The van der Waals surface area contributed by atoms with E-state index in [1.165, 1.54) is 0 Å². The lowest BCUT2D eigenvalue weighted by Crippen LogP contribution is -2.39. The van der Waals surface area contributed by atoms with Crippen LogP contribution in [0, 0.1) is 12.8 Å². The van der Waals surface area contributed by atoms with Crippen LogP contribution in [0.4, 0.5) is 5.69 Å². The molecule has 2 heterocycles. The van der Waals surface area contributed by atoms with Crippen LogP contribution in [0.5, 0.6) is 0 Å². The molecule has 6 nitrogen and oxygen atoms in total. The Labute approximate surface area is 157 Å². The van der Waals surface area contributed by atoms with Crippen molar-refractivity contribution >= 4 is 29.1 Å². The molecule has 136 valence electrons. The summed E-state index contributed by atoms with van der Waals surface area (Å²) in [5.41, 5.74) is 1.95. The van der Waals surface area contributed by atoms with E-state index in [1.54, 1.807) is 30.7 Å². The van der Waals surface area contributed by atoms with E-state index in [-0.39, 0.29) is 23.8 Å². The smallest absolute Gasteiger partial charge is 0.270 e. The van der Waals surface area contributed by atoms with E-state index in [9.17, 15) is 9.59 Å². The normalized spacial score (nSPS) is 19.6. The first-order valence-corrected chi connectivity index (χ1v) is 9.04. The number of carbonyl (C=O) groups is 2. The molecular weight excluding hydrogens is 352 g/mol. The standard InChI is InChI=1S/C19H21ClN4O2/c1-12-6-9-22-16(10-12)19(26)23-14-4-2-13(3-5-14)18(25)24-17-11-21-8-7-15(17)20/h6-11,13-14H,2-5H2,1H3,(H,23,26)(H,24,25)/t13-,14-. The summed E-state index contributed by atoms with van der Waals surface area (Å²) in [4.78, 5) is 32.8. The number of hydrogen-bond donors (Lipinski definition) is 2. The van der Waals surface area contributed by atoms with Gasteiger partial charge in [-0.3, -0.25) is 19.6 Å². The maximum absolute atomic E-state index is 12.4. The predicted molar refractivity (Wildman–Crippen MR) is 100 cm³/mol. The number of carbonyl (C=O) groups excluding carboxylic acids is 2. The van der Waals surface area contributed by atoms with Crippen LogP contribution in [-0.4, -0.2) is 27.8 Å². The Morgan fingerprint density at radius 2 is 1.92 bits per heavy atom. The average molecular weight is 373 g/mol. The third kappa shape index (κ3) is 4.58. The largest absolute Gasteiger partial charge is 0.348 e. The van der Waals surface area contributed by atoms with E-state index >= 15 is 0 Å². The summed E-state index contributed by atoms with van der Waals surface area (Å²) in [6.45, 7) is 1.93. The highest BCUT2D eigenvalue weighted by atomic mass is 35.5. The first-order chi connectivity index (χ1) is 12.5. The number of amides is 2. The molecular formula is C19H21ClN4O2. The summed E-state index contributed by atoms with van der Waals surface area (Å²) >= 11 is 6.05. The lowest BCUT2D eigenvalue weighted by Gasteiger charge is -2.28.